The first kappa shape index (κ1) is 20.4. The van der Waals surface area contributed by atoms with Crippen LogP contribution < -0.4 is 10.5 Å². The van der Waals surface area contributed by atoms with Gasteiger partial charge in [0.2, 0.25) is 5.91 Å². The number of aromatic nitrogens is 2. The second-order valence-corrected chi connectivity index (χ2v) is 7.79. The van der Waals surface area contributed by atoms with Crippen LogP contribution >= 0.6 is 0 Å². The molecule has 1 aliphatic heterocycles. The fourth-order valence-electron chi connectivity index (χ4n) is 4.13. The average molecular weight is 420 g/mol. The van der Waals surface area contributed by atoms with Crippen molar-refractivity contribution in [1.29, 1.82) is 0 Å². The Kier molecular flexibility index (Phi) is 5.29. The molecule has 0 saturated carbocycles. The minimum atomic E-state index is -4.39. The van der Waals surface area contributed by atoms with Crippen molar-refractivity contribution in [2.45, 2.75) is 38.4 Å². The SMILES string of the molecule is CC(C(=O)N1CCN(c2cccc(C(F)(F)F)c2)CC1)n1nc2c(cc1=O)CCC2. The minimum Gasteiger partial charge on any atom is -0.368 e. The molecule has 0 N–H and O–H groups in total. The predicted octanol–water partition coefficient (Wildman–Crippen LogP) is 2.66. The number of hydrogen-bond acceptors (Lipinski definition) is 4. The highest BCUT2D eigenvalue weighted by Crippen LogP contribution is 2.32. The molecule has 4 rings (SSSR count). The molecule has 1 saturated heterocycles. The molecular weight excluding hydrogens is 397 g/mol. The van der Waals surface area contributed by atoms with Gasteiger partial charge in [-0.1, -0.05) is 6.07 Å². The van der Waals surface area contributed by atoms with Crippen LogP contribution in [0.15, 0.2) is 35.1 Å². The van der Waals surface area contributed by atoms with Crippen molar-refractivity contribution in [1.82, 2.24) is 14.7 Å². The monoisotopic (exact) mass is 420 g/mol. The van der Waals surface area contributed by atoms with Crippen LogP contribution in [0.2, 0.25) is 0 Å². The zero-order valence-corrected chi connectivity index (χ0v) is 16.7. The van der Waals surface area contributed by atoms with Crippen molar-refractivity contribution < 1.29 is 18.0 Å². The zero-order chi connectivity index (χ0) is 21.5. The Bertz CT molecular complexity index is 1010. The lowest BCUT2D eigenvalue weighted by Crippen LogP contribution is -2.51. The third-order valence-electron chi connectivity index (χ3n) is 5.84. The normalized spacial score (nSPS) is 17.7. The van der Waals surface area contributed by atoms with Gasteiger partial charge in [0.05, 0.1) is 11.3 Å². The molecule has 6 nitrogen and oxygen atoms in total. The van der Waals surface area contributed by atoms with Gasteiger partial charge in [-0.25, -0.2) is 4.68 Å². The molecular formula is C21H23F3N4O2. The summed E-state index contributed by atoms with van der Waals surface area (Å²) in [5, 5.41) is 4.40. The fraction of sp³-hybridized carbons (Fsp3) is 0.476. The third-order valence-corrected chi connectivity index (χ3v) is 5.84. The molecule has 1 unspecified atom stereocenters. The van der Waals surface area contributed by atoms with E-state index in [1.54, 1.807) is 24.0 Å². The van der Waals surface area contributed by atoms with Crippen LogP contribution in [0.5, 0.6) is 0 Å². The van der Waals surface area contributed by atoms with Gasteiger partial charge in [0.1, 0.15) is 6.04 Å². The first-order valence-corrected chi connectivity index (χ1v) is 10.1. The van der Waals surface area contributed by atoms with Crippen molar-refractivity contribution in [3.63, 3.8) is 0 Å². The number of aryl methyl sites for hydroxylation is 2. The summed E-state index contributed by atoms with van der Waals surface area (Å²) in [6.45, 7) is 3.26. The number of halogens is 3. The Balaban J connectivity index is 1.43. The van der Waals surface area contributed by atoms with Crippen LogP contribution in [0.3, 0.4) is 0 Å². The number of carbonyl (C=O) groups is 1. The number of fused-ring (bicyclic) bond motifs is 1. The summed E-state index contributed by atoms with van der Waals surface area (Å²) in [5.74, 6) is -0.203. The topological polar surface area (TPSA) is 58.4 Å². The molecule has 9 heteroatoms. The van der Waals surface area contributed by atoms with Gasteiger partial charge in [-0.2, -0.15) is 18.3 Å². The van der Waals surface area contributed by atoms with E-state index in [1.165, 1.54) is 10.7 Å². The summed E-state index contributed by atoms with van der Waals surface area (Å²) in [4.78, 5) is 28.8. The number of rotatable bonds is 3. The molecule has 0 bridgehead atoms. The third kappa shape index (κ3) is 3.93. The Hall–Kier alpha value is -2.84. The van der Waals surface area contributed by atoms with E-state index in [9.17, 15) is 22.8 Å². The molecule has 1 amide bonds. The first-order chi connectivity index (χ1) is 14.2. The molecule has 1 fully saturated rings. The van der Waals surface area contributed by atoms with E-state index in [4.69, 9.17) is 0 Å². The van der Waals surface area contributed by atoms with Gasteiger partial charge < -0.3 is 9.80 Å². The van der Waals surface area contributed by atoms with Crippen LogP contribution in [-0.4, -0.2) is 46.8 Å². The number of amides is 1. The van der Waals surface area contributed by atoms with Gasteiger partial charge >= 0.3 is 6.18 Å². The lowest BCUT2D eigenvalue weighted by atomic mass is 10.1. The highest BCUT2D eigenvalue weighted by Gasteiger charge is 2.32. The lowest BCUT2D eigenvalue weighted by molar-refractivity contribution is -0.137. The predicted molar refractivity (Wildman–Crippen MR) is 105 cm³/mol. The number of piperazine rings is 1. The first-order valence-electron chi connectivity index (χ1n) is 10.1. The number of anilines is 1. The summed E-state index contributed by atoms with van der Waals surface area (Å²) >= 11 is 0. The Morgan fingerprint density at radius 1 is 1.10 bits per heavy atom. The molecule has 1 atom stereocenters. The summed E-state index contributed by atoms with van der Waals surface area (Å²) < 4.78 is 40.1. The Morgan fingerprint density at radius 2 is 1.83 bits per heavy atom. The maximum Gasteiger partial charge on any atom is 0.416 e. The number of benzene rings is 1. The van der Waals surface area contributed by atoms with Gasteiger partial charge in [0.15, 0.2) is 0 Å². The molecule has 2 aromatic rings. The van der Waals surface area contributed by atoms with Crippen LogP contribution in [0.25, 0.3) is 0 Å². The van der Waals surface area contributed by atoms with Crippen LogP contribution in [0.4, 0.5) is 18.9 Å². The zero-order valence-electron chi connectivity index (χ0n) is 16.7. The summed E-state index contributed by atoms with van der Waals surface area (Å²) in [6, 6.07) is 6.07. The smallest absolute Gasteiger partial charge is 0.368 e. The summed E-state index contributed by atoms with van der Waals surface area (Å²) in [6.07, 6.45) is -1.77. The van der Waals surface area contributed by atoms with Gasteiger partial charge in [-0.05, 0) is 49.9 Å². The molecule has 1 aromatic heterocycles. The maximum atomic E-state index is 13.0. The number of nitrogens with zero attached hydrogens (tertiary/aromatic N) is 4. The Labute approximate surface area is 171 Å². The number of hydrogen-bond donors (Lipinski definition) is 0. The van der Waals surface area contributed by atoms with Crippen molar-refractivity contribution in [3.05, 3.63) is 57.5 Å². The van der Waals surface area contributed by atoms with E-state index < -0.39 is 17.8 Å². The van der Waals surface area contributed by atoms with E-state index >= 15 is 0 Å². The second-order valence-electron chi connectivity index (χ2n) is 7.79. The van der Waals surface area contributed by atoms with Crippen molar-refractivity contribution in [2.75, 3.05) is 31.1 Å². The van der Waals surface area contributed by atoms with Crippen LogP contribution in [0.1, 0.15) is 36.2 Å². The molecule has 0 spiro atoms. The minimum absolute atomic E-state index is 0.203. The fourth-order valence-corrected chi connectivity index (χ4v) is 4.13. The van der Waals surface area contributed by atoms with E-state index in [0.29, 0.717) is 31.9 Å². The molecule has 2 aliphatic rings. The average Bonchev–Trinajstić information content (AvgIpc) is 3.19. The second kappa shape index (κ2) is 7.77. The highest BCUT2D eigenvalue weighted by molar-refractivity contribution is 5.80. The van der Waals surface area contributed by atoms with Crippen LogP contribution in [0, 0.1) is 0 Å². The van der Waals surface area contributed by atoms with Gasteiger partial charge in [0.25, 0.3) is 5.56 Å². The highest BCUT2D eigenvalue weighted by atomic mass is 19.4. The molecule has 1 aromatic carbocycles. The standard InChI is InChI=1S/C21H23F3N4O2/c1-14(28-19(29)12-15-4-2-7-18(15)25-28)20(30)27-10-8-26(9-11-27)17-6-3-5-16(13-17)21(22,23)24/h3,5-6,12-14H,2,4,7-11H2,1H3. The summed E-state index contributed by atoms with van der Waals surface area (Å²) in [5.41, 5.74) is 1.36. The molecule has 30 heavy (non-hydrogen) atoms. The van der Waals surface area contributed by atoms with E-state index in [0.717, 1.165) is 42.7 Å². The van der Waals surface area contributed by atoms with E-state index in [-0.39, 0.29) is 11.5 Å². The summed E-state index contributed by atoms with van der Waals surface area (Å²) in [7, 11) is 0. The number of alkyl halides is 3. The van der Waals surface area contributed by atoms with E-state index in [2.05, 4.69) is 5.10 Å². The van der Waals surface area contributed by atoms with Crippen molar-refractivity contribution in [2.24, 2.45) is 0 Å². The maximum absolute atomic E-state index is 13.0. The largest absolute Gasteiger partial charge is 0.416 e. The lowest BCUT2D eigenvalue weighted by Gasteiger charge is -2.37. The van der Waals surface area contributed by atoms with Gasteiger partial charge in [-0.3, -0.25) is 9.59 Å². The van der Waals surface area contributed by atoms with Gasteiger partial charge in [0, 0.05) is 37.9 Å². The van der Waals surface area contributed by atoms with Crippen molar-refractivity contribution >= 4 is 11.6 Å². The number of carbonyl (C=O) groups excluding carboxylic acids is 1. The molecule has 1 aliphatic carbocycles. The molecule has 2 heterocycles. The molecule has 0 radical (unpaired) electrons. The van der Waals surface area contributed by atoms with Gasteiger partial charge in [-0.15, -0.1) is 0 Å². The quantitative estimate of drug-likeness (QED) is 0.766. The van der Waals surface area contributed by atoms with Crippen LogP contribution in [-0.2, 0) is 23.8 Å². The Morgan fingerprint density at radius 3 is 2.53 bits per heavy atom. The van der Waals surface area contributed by atoms with E-state index in [1.807, 2.05) is 4.90 Å². The van der Waals surface area contributed by atoms with Crippen molar-refractivity contribution in [3.8, 4) is 0 Å². The molecule has 160 valence electrons.